The van der Waals surface area contributed by atoms with Crippen LogP contribution in [0.2, 0.25) is 0 Å². The van der Waals surface area contributed by atoms with Gasteiger partial charge in [-0.25, -0.2) is 4.98 Å². The van der Waals surface area contributed by atoms with E-state index in [1.165, 1.54) is 0 Å². The number of aryl methyl sites for hydroxylation is 1. The molecule has 0 bridgehead atoms. The predicted molar refractivity (Wildman–Crippen MR) is 61.6 cm³/mol. The van der Waals surface area contributed by atoms with Crippen LogP contribution >= 0.6 is 11.3 Å². The highest BCUT2D eigenvalue weighted by Gasteiger charge is 2.02. The molecule has 0 radical (unpaired) electrons. The van der Waals surface area contributed by atoms with E-state index >= 15 is 0 Å². The zero-order valence-corrected chi connectivity index (χ0v) is 9.77. The predicted octanol–water partition coefficient (Wildman–Crippen LogP) is 1.20. The Morgan fingerprint density at radius 1 is 1.60 bits per heavy atom. The summed E-state index contributed by atoms with van der Waals surface area (Å²) in [5.74, 6) is 0.0921. The lowest BCUT2D eigenvalue weighted by atomic mass is 10.2. The highest BCUT2D eigenvalue weighted by atomic mass is 32.1. The highest BCUT2D eigenvalue weighted by molar-refractivity contribution is 7.11. The summed E-state index contributed by atoms with van der Waals surface area (Å²) in [5.41, 5.74) is 5.34. The van der Waals surface area contributed by atoms with Crippen LogP contribution in [-0.4, -0.2) is 17.4 Å². The van der Waals surface area contributed by atoms with E-state index in [9.17, 15) is 4.79 Å². The van der Waals surface area contributed by atoms with Crippen molar-refractivity contribution in [2.75, 3.05) is 6.54 Å². The molecule has 3 N–H and O–H groups in total. The lowest BCUT2D eigenvalue weighted by molar-refractivity contribution is -0.121. The Kier molecular flexibility index (Phi) is 5.28. The van der Waals surface area contributed by atoms with Crippen LogP contribution in [0.1, 0.15) is 29.1 Å². The Labute approximate surface area is 93.9 Å². The molecule has 0 unspecified atom stereocenters. The summed E-state index contributed by atoms with van der Waals surface area (Å²) >= 11 is 1.61. The zero-order chi connectivity index (χ0) is 11.1. The first kappa shape index (κ1) is 12.1. The van der Waals surface area contributed by atoms with Gasteiger partial charge in [-0.15, -0.1) is 11.3 Å². The van der Waals surface area contributed by atoms with Crippen molar-refractivity contribution < 1.29 is 4.79 Å². The Hall–Kier alpha value is -0.940. The Morgan fingerprint density at radius 3 is 3.00 bits per heavy atom. The van der Waals surface area contributed by atoms with Crippen molar-refractivity contribution in [2.24, 2.45) is 5.73 Å². The third-order valence-corrected chi connectivity index (χ3v) is 2.90. The van der Waals surface area contributed by atoms with Crippen LogP contribution < -0.4 is 11.1 Å². The van der Waals surface area contributed by atoms with Crippen LogP contribution in [0.25, 0.3) is 0 Å². The van der Waals surface area contributed by atoms with E-state index in [0.717, 1.165) is 22.7 Å². The fourth-order valence-corrected chi connectivity index (χ4v) is 1.93. The van der Waals surface area contributed by atoms with E-state index in [1.54, 1.807) is 17.5 Å². The van der Waals surface area contributed by atoms with Gasteiger partial charge in [-0.2, -0.15) is 0 Å². The van der Waals surface area contributed by atoms with Crippen molar-refractivity contribution in [3.05, 3.63) is 16.1 Å². The number of unbranched alkanes of at least 4 members (excludes halogenated alkanes) is 1. The van der Waals surface area contributed by atoms with Crippen LogP contribution in [0.5, 0.6) is 0 Å². The second-order valence-corrected chi connectivity index (χ2v) is 4.69. The molecule has 5 heteroatoms. The van der Waals surface area contributed by atoms with E-state index in [-0.39, 0.29) is 5.91 Å². The lowest BCUT2D eigenvalue weighted by Crippen LogP contribution is -2.22. The maximum absolute atomic E-state index is 11.3. The van der Waals surface area contributed by atoms with E-state index in [0.29, 0.717) is 19.5 Å². The van der Waals surface area contributed by atoms with Gasteiger partial charge in [0, 0.05) is 17.5 Å². The molecule has 0 aliphatic carbocycles. The molecule has 0 spiro atoms. The number of rotatable bonds is 6. The first-order valence-electron chi connectivity index (χ1n) is 5.10. The first-order valence-corrected chi connectivity index (χ1v) is 5.92. The molecule has 0 aliphatic rings. The first-order chi connectivity index (χ1) is 7.22. The summed E-state index contributed by atoms with van der Waals surface area (Å²) in [7, 11) is 0. The van der Waals surface area contributed by atoms with Gasteiger partial charge in [0.25, 0.3) is 0 Å². The van der Waals surface area contributed by atoms with Gasteiger partial charge in [-0.3, -0.25) is 4.79 Å². The van der Waals surface area contributed by atoms with Crippen LogP contribution in [0.15, 0.2) is 6.20 Å². The smallest absolute Gasteiger partial charge is 0.220 e. The number of carbonyl (C=O) groups is 1. The van der Waals surface area contributed by atoms with Crippen molar-refractivity contribution >= 4 is 17.2 Å². The van der Waals surface area contributed by atoms with Crippen LogP contribution in [-0.2, 0) is 11.3 Å². The van der Waals surface area contributed by atoms with Crippen molar-refractivity contribution in [1.82, 2.24) is 10.3 Å². The number of nitrogens with two attached hydrogens (primary N) is 1. The number of hydrogen-bond acceptors (Lipinski definition) is 4. The molecule has 0 saturated carbocycles. The van der Waals surface area contributed by atoms with Crippen LogP contribution in [0.3, 0.4) is 0 Å². The van der Waals surface area contributed by atoms with Gasteiger partial charge < -0.3 is 11.1 Å². The largest absolute Gasteiger partial charge is 0.351 e. The third kappa shape index (κ3) is 4.90. The fraction of sp³-hybridized carbons (Fsp3) is 0.600. The van der Waals surface area contributed by atoms with E-state index in [4.69, 9.17) is 5.73 Å². The van der Waals surface area contributed by atoms with Gasteiger partial charge in [0.05, 0.1) is 11.6 Å². The van der Waals surface area contributed by atoms with Gasteiger partial charge in [-0.1, -0.05) is 0 Å². The molecule has 84 valence electrons. The van der Waals surface area contributed by atoms with E-state index < -0.39 is 0 Å². The summed E-state index contributed by atoms with van der Waals surface area (Å²) < 4.78 is 0. The van der Waals surface area contributed by atoms with Gasteiger partial charge in [0.15, 0.2) is 0 Å². The highest BCUT2D eigenvalue weighted by Crippen LogP contribution is 2.10. The Bertz CT molecular complexity index is 311. The lowest BCUT2D eigenvalue weighted by Gasteiger charge is -2.02. The average molecular weight is 227 g/mol. The average Bonchev–Trinajstić information content (AvgIpc) is 2.62. The normalized spacial score (nSPS) is 10.3. The van der Waals surface area contributed by atoms with Gasteiger partial charge in [0.2, 0.25) is 5.91 Å². The van der Waals surface area contributed by atoms with Gasteiger partial charge >= 0.3 is 0 Å². The summed E-state index contributed by atoms with van der Waals surface area (Å²) in [6, 6.07) is 0. The van der Waals surface area contributed by atoms with E-state index in [2.05, 4.69) is 10.3 Å². The molecule has 0 saturated heterocycles. The van der Waals surface area contributed by atoms with Crippen molar-refractivity contribution in [2.45, 2.75) is 32.7 Å². The monoisotopic (exact) mass is 227 g/mol. The van der Waals surface area contributed by atoms with Gasteiger partial charge in [0.1, 0.15) is 0 Å². The number of hydrogen-bond donors (Lipinski definition) is 2. The summed E-state index contributed by atoms with van der Waals surface area (Å²) in [6.07, 6.45) is 4.15. The second-order valence-electron chi connectivity index (χ2n) is 3.37. The van der Waals surface area contributed by atoms with Crippen LogP contribution in [0, 0.1) is 6.92 Å². The maximum Gasteiger partial charge on any atom is 0.220 e. The molecule has 15 heavy (non-hydrogen) atoms. The molecule has 1 heterocycles. The third-order valence-electron chi connectivity index (χ3n) is 1.99. The molecule has 0 atom stereocenters. The molecule has 1 aromatic rings. The molecular weight excluding hydrogens is 210 g/mol. The topological polar surface area (TPSA) is 68.0 Å². The minimum atomic E-state index is 0.0921. The SMILES string of the molecule is Cc1ncc(CNC(=O)CCCCN)s1. The summed E-state index contributed by atoms with van der Waals surface area (Å²) in [4.78, 5) is 16.5. The minimum Gasteiger partial charge on any atom is -0.351 e. The quantitative estimate of drug-likeness (QED) is 0.717. The Morgan fingerprint density at radius 2 is 2.40 bits per heavy atom. The zero-order valence-electron chi connectivity index (χ0n) is 8.95. The van der Waals surface area contributed by atoms with Crippen LogP contribution in [0.4, 0.5) is 0 Å². The van der Waals surface area contributed by atoms with Crippen molar-refractivity contribution in [3.8, 4) is 0 Å². The number of thiazole rings is 1. The molecule has 0 fully saturated rings. The maximum atomic E-state index is 11.3. The number of carbonyl (C=O) groups excluding carboxylic acids is 1. The molecule has 1 amide bonds. The summed E-state index contributed by atoms with van der Waals surface area (Å²) in [6.45, 7) is 3.20. The van der Waals surface area contributed by atoms with Crippen molar-refractivity contribution in [1.29, 1.82) is 0 Å². The molecule has 0 aliphatic heterocycles. The molecule has 0 aromatic carbocycles. The fourth-order valence-electron chi connectivity index (χ4n) is 1.19. The number of nitrogens with one attached hydrogen (secondary N) is 1. The number of nitrogens with zero attached hydrogens (tertiary/aromatic N) is 1. The van der Waals surface area contributed by atoms with E-state index in [1.807, 2.05) is 6.92 Å². The van der Waals surface area contributed by atoms with Gasteiger partial charge in [-0.05, 0) is 26.3 Å². The molecule has 1 rings (SSSR count). The molecule has 4 nitrogen and oxygen atoms in total. The second kappa shape index (κ2) is 6.53. The molecule has 1 aromatic heterocycles. The Balaban J connectivity index is 2.16. The van der Waals surface area contributed by atoms with Crippen molar-refractivity contribution in [3.63, 3.8) is 0 Å². The number of aromatic nitrogens is 1. The number of amides is 1. The summed E-state index contributed by atoms with van der Waals surface area (Å²) in [5, 5.41) is 3.89. The standard InChI is InChI=1S/C10H17N3OS/c1-8-12-6-9(15-8)7-13-10(14)4-2-3-5-11/h6H,2-5,7,11H2,1H3,(H,13,14). The minimum absolute atomic E-state index is 0.0921. The molecular formula is C10H17N3OS.